The summed E-state index contributed by atoms with van der Waals surface area (Å²) in [5.74, 6) is 1.00. The first-order valence-electron chi connectivity index (χ1n) is 10.1. The smallest absolute Gasteiger partial charge is 0.338 e. The molecule has 1 unspecified atom stereocenters. The summed E-state index contributed by atoms with van der Waals surface area (Å²) in [5.41, 5.74) is 3.95. The molecule has 6 nitrogen and oxygen atoms in total. The van der Waals surface area contributed by atoms with Crippen molar-refractivity contribution in [2.45, 2.75) is 40.7 Å². The molecule has 0 aliphatic carbocycles. The molecule has 158 valence electrons. The van der Waals surface area contributed by atoms with E-state index < -0.39 is 12.0 Å². The van der Waals surface area contributed by atoms with E-state index in [1.165, 1.54) is 0 Å². The Bertz CT molecular complexity index is 977. The molecule has 2 aromatic carbocycles. The summed E-state index contributed by atoms with van der Waals surface area (Å²) >= 11 is 0. The monoisotopic (exact) mass is 408 g/mol. The number of ether oxygens (including phenoxy) is 2. The van der Waals surface area contributed by atoms with E-state index in [1.807, 2.05) is 70.2 Å². The molecule has 0 aromatic heterocycles. The second-order valence-corrected chi connectivity index (χ2v) is 7.67. The number of aryl methyl sites for hydroxylation is 2. The van der Waals surface area contributed by atoms with Gasteiger partial charge in [0, 0.05) is 5.70 Å². The zero-order chi connectivity index (χ0) is 21.8. The largest absolute Gasteiger partial charge is 0.463 e. The van der Waals surface area contributed by atoms with Crippen molar-refractivity contribution >= 4 is 12.0 Å². The highest BCUT2D eigenvalue weighted by molar-refractivity contribution is 5.95. The number of hydrogen-bond donors (Lipinski definition) is 2. The summed E-state index contributed by atoms with van der Waals surface area (Å²) in [6.07, 6.45) is 0. The third kappa shape index (κ3) is 4.64. The molecule has 0 fully saturated rings. The molecule has 0 saturated carbocycles. The first-order chi connectivity index (χ1) is 14.3. The first kappa shape index (κ1) is 21.4. The summed E-state index contributed by atoms with van der Waals surface area (Å²) in [6.45, 7) is 9.90. The van der Waals surface area contributed by atoms with Crippen LogP contribution in [0.2, 0.25) is 0 Å². The van der Waals surface area contributed by atoms with Crippen molar-refractivity contribution in [3.05, 3.63) is 70.4 Å². The number of rotatable bonds is 6. The molecule has 0 bridgehead atoms. The highest BCUT2D eigenvalue weighted by atomic mass is 16.5. The minimum absolute atomic E-state index is 0.0372. The second-order valence-electron chi connectivity index (χ2n) is 7.67. The summed E-state index contributed by atoms with van der Waals surface area (Å²) in [5, 5.41) is 5.61. The minimum Gasteiger partial charge on any atom is -0.463 e. The predicted molar refractivity (Wildman–Crippen MR) is 115 cm³/mol. The molecule has 3 rings (SSSR count). The van der Waals surface area contributed by atoms with Crippen molar-refractivity contribution in [1.82, 2.24) is 10.6 Å². The van der Waals surface area contributed by atoms with Crippen molar-refractivity contribution in [2.24, 2.45) is 5.92 Å². The maximum Gasteiger partial charge on any atom is 0.338 e. The van der Waals surface area contributed by atoms with Crippen LogP contribution in [0.15, 0.2) is 53.7 Å². The molecule has 30 heavy (non-hydrogen) atoms. The van der Waals surface area contributed by atoms with Gasteiger partial charge in [-0.1, -0.05) is 38.1 Å². The van der Waals surface area contributed by atoms with E-state index in [4.69, 9.17) is 9.47 Å². The number of nitrogens with one attached hydrogen (secondary N) is 2. The molecule has 2 N–H and O–H groups in total. The van der Waals surface area contributed by atoms with Crippen molar-refractivity contribution in [2.75, 3.05) is 6.61 Å². The fourth-order valence-corrected chi connectivity index (χ4v) is 3.40. The molecule has 2 amide bonds. The van der Waals surface area contributed by atoms with E-state index in [9.17, 15) is 9.59 Å². The van der Waals surface area contributed by atoms with Gasteiger partial charge in [-0.25, -0.2) is 9.59 Å². The van der Waals surface area contributed by atoms with E-state index in [1.54, 1.807) is 6.92 Å². The van der Waals surface area contributed by atoms with E-state index in [2.05, 4.69) is 10.6 Å². The van der Waals surface area contributed by atoms with Gasteiger partial charge in [0.05, 0.1) is 18.2 Å². The quantitative estimate of drug-likeness (QED) is 0.665. The van der Waals surface area contributed by atoms with E-state index >= 15 is 0 Å². The number of urea groups is 1. The molecular formula is C24H28N2O4. The van der Waals surface area contributed by atoms with Crippen LogP contribution in [-0.2, 0) is 9.53 Å². The van der Waals surface area contributed by atoms with Crippen molar-refractivity contribution in [1.29, 1.82) is 0 Å². The van der Waals surface area contributed by atoms with Gasteiger partial charge in [0.1, 0.15) is 11.5 Å². The number of carbonyl (C=O) groups is 2. The number of hydrogen-bond acceptors (Lipinski definition) is 4. The third-order valence-electron chi connectivity index (χ3n) is 4.96. The average molecular weight is 408 g/mol. The zero-order valence-corrected chi connectivity index (χ0v) is 18.0. The van der Waals surface area contributed by atoms with Gasteiger partial charge in [0.25, 0.3) is 0 Å². The Morgan fingerprint density at radius 1 is 1.10 bits per heavy atom. The fourth-order valence-electron chi connectivity index (χ4n) is 3.40. The Kier molecular flexibility index (Phi) is 6.45. The van der Waals surface area contributed by atoms with Crippen LogP contribution < -0.4 is 15.4 Å². The van der Waals surface area contributed by atoms with Gasteiger partial charge < -0.3 is 20.1 Å². The lowest BCUT2D eigenvalue weighted by Gasteiger charge is -2.31. The SMILES string of the molecule is CCOC(=O)C1=C(C(C)C)NC(=O)NC1c1ccc(Oc2cc(C)ccc2C)cc1. The molecule has 2 aromatic rings. The molecule has 0 spiro atoms. The first-order valence-corrected chi connectivity index (χ1v) is 10.1. The lowest BCUT2D eigenvalue weighted by atomic mass is 9.91. The van der Waals surface area contributed by atoms with Crippen LogP contribution in [0.1, 0.15) is 43.5 Å². The van der Waals surface area contributed by atoms with E-state index in [-0.39, 0.29) is 18.6 Å². The molecule has 1 atom stereocenters. The van der Waals surface area contributed by atoms with Crippen molar-refractivity contribution < 1.29 is 19.1 Å². The maximum atomic E-state index is 12.7. The van der Waals surface area contributed by atoms with Crippen molar-refractivity contribution in [3.63, 3.8) is 0 Å². The standard InChI is InChI=1S/C24H28N2O4/c1-6-29-23(27)20-21(14(2)3)25-24(28)26-22(20)17-9-11-18(12-10-17)30-19-13-15(4)7-8-16(19)5/h7-14,22H,6H2,1-5H3,(H2,25,26,28). The molecule has 0 saturated heterocycles. The Balaban J connectivity index is 1.92. The van der Waals surface area contributed by atoms with Gasteiger partial charge in [-0.2, -0.15) is 0 Å². The molecule has 1 aliphatic rings. The van der Waals surface area contributed by atoms with Gasteiger partial charge in [-0.15, -0.1) is 0 Å². The van der Waals surface area contributed by atoms with Crippen LogP contribution in [0.5, 0.6) is 11.5 Å². The van der Waals surface area contributed by atoms with Gasteiger partial charge in [-0.05, 0) is 61.6 Å². The summed E-state index contributed by atoms with van der Waals surface area (Å²) < 4.78 is 11.3. The van der Waals surface area contributed by atoms with Gasteiger partial charge in [0.2, 0.25) is 0 Å². The molecule has 1 heterocycles. The zero-order valence-electron chi connectivity index (χ0n) is 18.0. The Morgan fingerprint density at radius 3 is 2.43 bits per heavy atom. The number of benzene rings is 2. The maximum absolute atomic E-state index is 12.7. The Morgan fingerprint density at radius 2 is 1.80 bits per heavy atom. The molecular weight excluding hydrogens is 380 g/mol. The topological polar surface area (TPSA) is 76.7 Å². The third-order valence-corrected chi connectivity index (χ3v) is 4.96. The van der Waals surface area contributed by atoms with Gasteiger partial charge >= 0.3 is 12.0 Å². The number of carbonyl (C=O) groups excluding carboxylic acids is 2. The normalized spacial score (nSPS) is 16.2. The van der Waals surface area contributed by atoms with E-state index in [0.717, 1.165) is 22.4 Å². The predicted octanol–water partition coefficient (Wildman–Crippen LogP) is 4.92. The summed E-state index contributed by atoms with van der Waals surface area (Å²) in [6, 6.07) is 12.5. The van der Waals surface area contributed by atoms with Crippen LogP contribution in [0.25, 0.3) is 0 Å². The molecule has 1 aliphatic heterocycles. The van der Waals surface area contributed by atoms with Crippen LogP contribution in [0, 0.1) is 19.8 Å². The Labute approximate surface area is 177 Å². The highest BCUT2D eigenvalue weighted by Crippen LogP contribution is 2.32. The number of allylic oxidation sites excluding steroid dienone is 1. The lowest BCUT2D eigenvalue weighted by molar-refractivity contribution is -0.139. The molecule has 6 heteroatoms. The van der Waals surface area contributed by atoms with Gasteiger partial charge in [0.15, 0.2) is 0 Å². The van der Waals surface area contributed by atoms with Crippen LogP contribution in [0.4, 0.5) is 4.79 Å². The van der Waals surface area contributed by atoms with Gasteiger partial charge in [-0.3, -0.25) is 0 Å². The summed E-state index contributed by atoms with van der Waals surface area (Å²) in [7, 11) is 0. The number of amides is 2. The van der Waals surface area contributed by atoms with E-state index in [0.29, 0.717) is 17.0 Å². The fraction of sp³-hybridized carbons (Fsp3) is 0.333. The minimum atomic E-state index is -0.593. The average Bonchev–Trinajstić information content (AvgIpc) is 2.70. The van der Waals surface area contributed by atoms with Crippen LogP contribution >= 0.6 is 0 Å². The summed E-state index contributed by atoms with van der Waals surface area (Å²) in [4.78, 5) is 24.9. The Hall–Kier alpha value is -3.28. The highest BCUT2D eigenvalue weighted by Gasteiger charge is 2.34. The lowest BCUT2D eigenvalue weighted by Crippen LogP contribution is -2.47. The number of esters is 1. The van der Waals surface area contributed by atoms with Crippen molar-refractivity contribution in [3.8, 4) is 11.5 Å². The van der Waals surface area contributed by atoms with Crippen LogP contribution in [-0.4, -0.2) is 18.6 Å². The second kappa shape index (κ2) is 9.03. The molecule has 0 radical (unpaired) electrons. The van der Waals surface area contributed by atoms with Crippen LogP contribution in [0.3, 0.4) is 0 Å².